The third-order valence-electron chi connectivity index (χ3n) is 6.60. The predicted octanol–water partition coefficient (Wildman–Crippen LogP) is 4.35. The van der Waals surface area contributed by atoms with Crippen molar-refractivity contribution >= 4 is 5.91 Å². The molecule has 2 fully saturated rings. The number of carbonyl (C=O) groups is 1. The van der Waals surface area contributed by atoms with Gasteiger partial charge in [-0.1, -0.05) is 20.3 Å². The molecule has 3 heterocycles. The maximum atomic E-state index is 13.1. The van der Waals surface area contributed by atoms with Gasteiger partial charge in [0, 0.05) is 62.6 Å². The zero-order valence-corrected chi connectivity index (χ0v) is 20.5. The van der Waals surface area contributed by atoms with Crippen LogP contribution in [0.2, 0.25) is 0 Å². The average molecular weight is 486 g/mol. The third-order valence-corrected chi connectivity index (χ3v) is 6.60. The van der Waals surface area contributed by atoms with E-state index in [4.69, 9.17) is 9.47 Å². The van der Waals surface area contributed by atoms with Crippen molar-refractivity contribution < 1.29 is 27.4 Å². The maximum Gasteiger partial charge on any atom is 0.417 e. The lowest BCUT2D eigenvalue weighted by Crippen LogP contribution is -2.51. The Labute approximate surface area is 200 Å². The Hall–Kier alpha value is -1.71. The molecule has 1 saturated heterocycles. The fourth-order valence-corrected chi connectivity index (χ4v) is 4.97. The minimum Gasteiger partial charge on any atom is -0.379 e. The molecule has 1 saturated carbocycles. The number of nitrogens with zero attached hydrogens (tertiary/aromatic N) is 2. The highest BCUT2D eigenvalue weighted by atomic mass is 19.4. The second-order valence-electron chi connectivity index (χ2n) is 9.38. The minimum atomic E-state index is -4.43. The van der Waals surface area contributed by atoms with Crippen LogP contribution in [0.4, 0.5) is 13.2 Å². The first-order valence-corrected chi connectivity index (χ1v) is 12.6. The average Bonchev–Trinajstić information content (AvgIpc) is 3.28. The second-order valence-corrected chi connectivity index (χ2v) is 9.38. The van der Waals surface area contributed by atoms with Crippen molar-refractivity contribution in [3.8, 4) is 0 Å². The zero-order chi connectivity index (χ0) is 24.7. The van der Waals surface area contributed by atoms with Crippen LogP contribution in [0, 0.1) is 5.92 Å². The first-order chi connectivity index (χ1) is 16.3. The van der Waals surface area contributed by atoms with Crippen LogP contribution >= 0.6 is 0 Å². The van der Waals surface area contributed by atoms with Crippen molar-refractivity contribution in [3.63, 3.8) is 0 Å². The summed E-state index contributed by atoms with van der Waals surface area (Å²) in [4.78, 5) is 18.8. The van der Waals surface area contributed by atoms with E-state index in [2.05, 4.69) is 24.1 Å². The zero-order valence-electron chi connectivity index (χ0n) is 20.5. The number of nitrogens with one attached hydrogen (secondary N) is 1. The summed E-state index contributed by atoms with van der Waals surface area (Å²) in [7, 11) is 0. The molecule has 4 rings (SSSR count). The van der Waals surface area contributed by atoms with Gasteiger partial charge in [-0.3, -0.25) is 9.78 Å². The van der Waals surface area contributed by atoms with Gasteiger partial charge in [-0.2, -0.15) is 13.2 Å². The SMILES string of the molecule is CCC.CCOC1COCCC1NC1CCC(C(=O)N2CCc3ncc(C(F)(F)F)cc3C2)C1. The van der Waals surface area contributed by atoms with Gasteiger partial charge in [0.25, 0.3) is 0 Å². The maximum absolute atomic E-state index is 13.1. The Morgan fingerprint density at radius 2 is 2.03 bits per heavy atom. The highest BCUT2D eigenvalue weighted by Gasteiger charge is 2.37. The van der Waals surface area contributed by atoms with Crippen LogP contribution in [0.25, 0.3) is 0 Å². The summed E-state index contributed by atoms with van der Waals surface area (Å²) >= 11 is 0. The molecular weight excluding hydrogens is 447 g/mol. The molecule has 4 atom stereocenters. The fourth-order valence-electron chi connectivity index (χ4n) is 4.97. The molecule has 0 bridgehead atoms. The van der Waals surface area contributed by atoms with E-state index in [1.165, 1.54) is 6.42 Å². The van der Waals surface area contributed by atoms with Gasteiger partial charge in [0.2, 0.25) is 5.91 Å². The predicted molar refractivity (Wildman–Crippen MR) is 123 cm³/mol. The molecule has 1 N–H and O–H groups in total. The van der Waals surface area contributed by atoms with Gasteiger partial charge in [0.05, 0.1) is 18.3 Å². The van der Waals surface area contributed by atoms with Gasteiger partial charge < -0.3 is 19.7 Å². The molecule has 0 radical (unpaired) electrons. The van der Waals surface area contributed by atoms with E-state index in [9.17, 15) is 18.0 Å². The molecule has 4 unspecified atom stereocenters. The molecule has 192 valence electrons. The quantitative estimate of drug-likeness (QED) is 0.672. The molecule has 2 aliphatic heterocycles. The summed E-state index contributed by atoms with van der Waals surface area (Å²) in [6.45, 7) is 8.86. The van der Waals surface area contributed by atoms with E-state index in [1.807, 2.05) is 6.92 Å². The van der Waals surface area contributed by atoms with Crippen LogP contribution in [-0.4, -0.2) is 60.3 Å². The van der Waals surface area contributed by atoms with E-state index in [1.54, 1.807) is 4.90 Å². The molecule has 3 aliphatic rings. The number of pyridine rings is 1. The second kappa shape index (κ2) is 12.3. The summed E-state index contributed by atoms with van der Waals surface area (Å²) in [5.74, 6) is -0.0520. The lowest BCUT2D eigenvalue weighted by molar-refractivity contribution is -0.137. The minimum absolute atomic E-state index is 0.0300. The Balaban J connectivity index is 0.00000103. The monoisotopic (exact) mass is 485 g/mol. The van der Waals surface area contributed by atoms with Crippen molar-refractivity contribution in [2.24, 2.45) is 5.92 Å². The molecule has 1 aliphatic carbocycles. The normalized spacial score (nSPS) is 27.1. The molecule has 1 aromatic rings. The first-order valence-electron chi connectivity index (χ1n) is 12.6. The molecule has 1 aromatic heterocycles. The summed E-state index contributed by atoms with van der Waals surface area (Å²) in [6, 6.07) is 1.61. The van der Waals surface area contributed by atoms with E-state index in [-0.39, 0.29) is 36.6 Å². The number of alkyl halides is 3. The molecule has 9 heteroatoms. The van der Waals surface area contributed by atoms with Crippen LogP contribution < -0.4 is 5.32 Å². The largest absolute Gasteiger partial charge is 0.417 e. The van der Waals surface area contributed by atoms with Gasteiger partial charge in [-0.15, -0.1) is 0 Å². The topological polar surface area (TPSA) is 63.7 Å². The Bertz CT molecular complexity index is 803. The fraction of sp³-hybridized carbons (Fsp3) is 0.760. The highest BCUT2D eigenvalue weighted by Crippen LogP contribution is 2.33. The third kappa shape index (κ3) is 6.92. The van der Waals surface area contributed by atoms with E-state index in [0.717, 1.165) is 37.9 Å². The summed E-state index contributed by atoms with van der Waals surface area (Å²) < 4.78 is 50.4. The number of aromatic nitrogens is 1. The van der Waals surface area contributed by atoms with Crippen LogP contribution in [0.3, 0.4) is 0 Å². The van der Waals surface area contributed by atoms with Crippen molar-refractivity contribution in [1.29, 1.82) is 0 Å². The number of amides is 1. The van der Waals surface area contributed by atoms with Crippen LogP contribution in [0.5, 0.6) is 0 Å². The number of halogens is 3. The Morgan fingerprint density at radius 3 is 2.74 bits per heavy atom. The molecule has 0 aromatic carbocycles. The van der Waals surface area contributed by atoms with Crippen molar-refractivity contribution in [2.75, 3.05) is 26.4 Å². The van der Waals surface area contributed by atoms with Gasteiger partial charge in [-0.25, -0.2) is 0 Å². The molecule has 6 nitrogen and oxygen atoms in total. The van der Waals surface area contributed by atoms with Crippen molar-refractivity contribution in [3.05, 3.63) is 29.1 Å². The van der Waals surface area contributed by atoms with Gasteiger partial charge in [0.1, 0.15) is 0 Å². The van der Waals surface area contributed by atoms with Crippen LogP contribution in [0.1, 0.15) is 69.7 Å². The smallest absolute Gasteiger partial charge is 0.379 e. The number of fused-ring (bicyclic) bond motifs is 1. The van der Waals surface area contributed by atoms with Crippen molar-refractivity contribution in [2.45, 2.75) is 90.2 Å². The first kappa shape index (κ1) is 26.9. The van der Waals surface area contributed by atoms with Crippen molar-refractivity contribution in [1.82, 2.24) is 15.2 Å². The van der Waals surface area contributed by atoms with Crippen LogP contribution in [0.15, 0.2) is 12.3 Å². The number of hydrogen-bond donors (Lipinski definition) is 1. The van der Waals surface area contributed by atoms with Gasteiger partial charge in [0.15, 0.2) is 0 Å². The molecule has 0 spiro atoms. The number of hydrogen-bond acceptors (Lipinski definition) is 5. The number of ether oxygens (including phenoxy) is 2. The van der Waals surface area contributed by atoms with E-state index >= 15 is 0 Å². The Kier molecular flexibility index (Phi) is 9.74. The van der Waals surface area contributed by atoms with Gasteiger partial charge >= 0.3 is 6.18 Å². The van der Waals surface area contributed by atoms with Crippen LogP contribution in [-0.2, 0) is 33.4 Å². The standard InChI is InChI=1S/C22H30F3N3O3.C3H8/c1-2-31-20-13-30-8-6-19(20)27-17-4-3-14(10-17)21(29)28-7-5-18-15(12-28)9-16(11-26-18)22(23,24)25;1-3-2/h9,11,14,17,19-20,27H,2-8,10,12-13H2,1H3;3H2,1-2H3. The molecular formula is C25H38F3N3O3. The Morgan fingerprint density at radius 1 is 1.26 bits per heavy atom. The van der Waals surface area contributed by atoms with E-state index < -0.39 is 11.7 Å². The van der Waals surface area contributed by atoms with Gasteiger partial charge in [-0.05, 0) is 44.2 Å². The summed E-state index contributed by atoms with van der Waals surface area (Å²) in [6.07, 6.45) is 1.57. The lowest BCUT2D eigenvalue weighted by atomic mass is 10.00. The molecule has 1 amide bonds. The lowest BCUT2D eigenvalue weighted by Gasteiger charge is -2.34. The van der Waals surface area contributed by atoms with E-state index in [0.29, 0.717) is 44.0 Å². The highest BCUT2D eigenvalue weighted by molar-refractivity contribution is 5.79. The number of rotatable bonds is 5. The molecule has 34 heavy (non-hydrogen) atoms. The summed E-state index contributed by atoms with van der Waals surface area (Å²) in [5, 5.41) is 3.67. The number of carbonyl (C=O) groups excluding carboxylic acids is 1. The summed E-state index contributed by atoms with van der Waals surface area (Å²) in [5.41, 5.74) is 0.402.